The second kappa shape index (κ2) is 11.0. The summed E-state index contributed by atoms with van der Waals surface area (Å²) in [6.07, 6.45) is -2.26. The molecule has 0 atom stereocenters. The van der Waals surface area contributed by atoms with Crippen molar-refractivity contribution < 1.29 is 36.3 Å². The predicted molar refractivity (Wildman–Crippen MR) is 143 cm³/mol. The van der Waals surface area contributed by atoms with Gasteiger partial charge in [-0.15, -0.1) is 10.2 Å². The maximum atomic E-state index is 13.6. The lowest BCUT2D eigenvalue weighted by Gasteiger charge is -2.35. The smallest absolute Gasteiger partial charge is 0.416 e. The maximum absolute atomic E-state index is 13.6. The first-order valence-electron chi connectivity index (χ1n) is 12.4. The lowest BCUT2D eigenvalue weighted by atomic mass is 9.99. The van der Waals surface area contributed by atoms with E-state index in [1.807, 2.05) is 4.72 Å². The van der Waals surface area contributed by atoms with E-state index in [0.29, 0.717) is 5.82 Å². The van der Waals surface area contributed by atoms with Gasteiger partial charge in [0.25, 0.3) is 11.8 Å². The molecule has 0 radical (unpaired) electrons. The minimum absolute atomic E-state index is 0.0833. The van der Waals surface area contributed by atoms with E-state index in [2.05, 4.69) is 15.2 Å². The van der Waals surface area contributed by atoms with Gasteiger partial charge in [-0.1, -0.05) is 0 Å². The van der Waals surface area contributed by atoms with Gasteiger partial charge < -0.3 is 14.9 Å². The normalized spacial score (nSPS) is 14.6. The Hall–Kier alpha value is -4.27. The maximum Gasteiger partial charge on any atom is 0.416 e. The molecule has 3 heterocycles. The fourth-order valence-electron chi connectivity index (χ4n) is 3.93. The van der Waals surface area contributed by atoms with Crippen molar-refractivity contribution in [2.24, 2.45) is 0 Å². The van der Waals surface area contributed by atoms with Crippen molar-refractivity contribution in [2.45, 2.75) is 31.7 Å². The number of sulfonamides is 1. The number of pyridine rings is 1. The first-order chi connectivity index (χ1) is 19.0. The fraction of sp³-hybridized carbons (Fsp3) is 0.346. The Bertz CT molecular complexity index is 1570. The topological polar surface area (TPSA) is 146 Å². The van der Waals surface area contributed by atoms with Crippen molar-refractivity contribution in [2.75, 3.05) is 31.1 Å². The Morgan fingerprint density at radius 1 is 0.927 bits per heavy atom. The van der Waals surface area contributed by atoms with Crippen LogP contribution in [-0.2, 0) is 16.2 Å². The second-order valence-electron chi connectivity index (χ2n) is 10.3. The molecule has 1 fully saturated rings. The largest absolute Gasteiger partial charge is 0.506 e. The van der Waals surface area contributed by atoms with Crippen LogP contribution in [0.1, 0.15) is 47.2 Å². The van der Waals surface area contributed by atoms with Gasteiger partial charge in [0, 0.05) is 43.5 Å². The molecule has 1 aliphatic rings. The molecule has 1 aromatic carbocycles. The number of aromatic nitrogens is 3. The number of piperazine rings is 1. The minimum atomic E-state index is -4.70. The number of anilines is 1. The second-order valence-corrected chi connectivity index (χ2v) is 12.8. The first kappa shape index (κ1) is 29.7. The summed E-state index contributed by atoms with van der Waals surface area (Å²) in [7, 11) is -3.94. The van der Waals surface area contributed by atoms with Gasteiger partial charge in [-0.3, -0.25) is 14.6 Å². The van der Waals surface area contributed by atoms with E-state index in [-0.39, 0.29) is 54.3 Å². The molecular formula is C26H27F3N6O5S. The van der Waals surface area contributed by atoms with Crippen LogP contribution in [0, 0.1) is 0 Å². The summed E-state index contributed by atoms with van der Waals surface area (Å²) in [5.41, 5.74) is -1.05. The number of nitrogens with zero attached hydrogens (tertiary/aromatic N) is 5. The van der Waals surface area contributed by atoms with Crippen LogP contribution < -0.4 is 9.62 Å². The monoisotopic (exact) mass is 592 g/mol. The van der Waals surface area contributed by atoms with E-state index < -0.39 is 38.3 Å². The van der Waals surface area contributed by atoms with Crippen LogP contribution in [0.2, 0.25) is 0 Å². The lowest BCUT2D eigenvalue weighted by Crippen LogP contribution is -2.49. The van der Waals surface area contributed by atoms with Gasteiger partial charge in [0.1, 0.15) is 5.75 Å². The molecule has 4 rings (SSSR count). The van der Waals surface area contributed by atoms with Crippen molar-refractivity contribution in [3.63, 3.8) is 0 Å². The molecule has 0 aliphatic carbocycles. The Labute approximate surface area is 234 Å². The summed E-state index contributed by atoms with van der Waals surface area (Å²) in [4.78, 5) is 32.6. The number of benzene rings is 1. The van der Waals surface area contributed by atoms with Crippen LogP contribution in [0.4, 0.5) is 19.0 Å². The molecule has 2 aromatic heterocycles. The number of carbonyl (C=O) groups is 2. The van der Waals surface area contributed by atoms with Crippen LogP contribution in [0.3, 0.4) is 0 Å². The molecule has 41 heavy (non-hydrogen) atoms. The third kappa shape index (κ3) is 6.73. The van der Waals surface area contributed by atoms with Crippen molar-refractivity contribution in [3.8, 4) is 16.9 Å². The zero-order valence-corrected chi connectivity index (χ0v) is 23.1. The molecule has 0 unspecified atom stereocenters. The summed E-state index contributed by atoms with van der Waals surface area (Å²) in [6.45, 7) is 5.25. The number of nitrogens with one attached hydrogen (secondary N) is 1. The highest BCUT2D eigenvalue weighted by Crippen LogP contribution is 2.34. The molecule has 15 heteroatoms. The van der Waals surface area contributed by atoms with E-state index in [4.69, 9.17) is 0 Å². The first-order valence-corrected chi connectivity index (χ1v) is 13.8. The van der Waals surface area contributed by atoms with Gasteiger partial charge in [-0.2, -0.15) is 13.2 Å². The van der Waals surface area contributed by atoms with Crippen molar-refractivity contribution in [1.82, 2.24) is 24.8 Å². The summed E-state index contributed by atoms with van der Waals surface area (Å²) in [5.74, 6) is -1.36. The van der Waals surface area contributed by atoms with Gasteiger partial charge in [0.2, 0.25) is 10.0 Å². The quantitative estimate of drug-likeness (QED) is 0.456. The Morgan fingerprint density at radius 3 is 2.17 bits per heavy atom. The van der Waals surface area contributed by atoms with E-state index in [0.717, 1.165) is 18.3 Å². The van der Waals surface area contributed by atoms with E-state index in [1.165, 1.54) is 56.1 Å². The van der Waals surface area contributed by atoms with Crippen molar-refractivity contribution in [3.05, 3.63) is 65.6 Å². The van der Waals surface area contributed by atoms with Crippen LogP contribution in [0.5, 0.6) is 5.75 Å². The molecule has 2 amide bonds. The molecule has 2 N–H and O–H groups in total. The standard InChI is InChI=1S/C26H27F3N6O5S/c1-25(2,3)41(39,40)33-23(37)21-4-5-22(32-31-21)34-6-8-35(9-7-34)24(38)17-10-16(11-19(12-17)26(27,28)29)18-13-20(36)15-30-14-18/h4-5,10-15,36H,6-9H2,1-3H3,(H,33,37). The van der Waals surface area contributed by atoms with Crippen molar-refractivity contribution >= 4 is 27.7 Å². The number of carbonyl (C=O) groups excluding carboxylic acids is 2. The predicted octanol–water partition coefficient (Wildman–Crippen LogP) is 3.08. The number of halogens is 3. The minimum Gasteiger partial charge on any atom is -0.506 e. The van der Waals surface area contributed by atoms with Gasteiger partial charge in [0.15, 0.2) is 11.5 Å². The zero-order valence-electron chi connectivity index (χ0n) is 22.3. The third-order valence-electron chi connectivity index (χ3n) is 6.37. The highest BCUT2D eigenvalue weighted by Gasteiger charge is 2.34. The van der Waals surface area contributed by atoms with Crippen LogP contribution in [0.25, 0.3) is 11.1 Å². The Kier molecular flexibility index (Phi) is 7.94. The molecule has 0 bridgehead atoms. The molecule has 0 saturated carbocycles. The highest BCUT2D eigenvalue weighted by molar-refractivity contribution is 7.91. The number of amides is 2. The SMILES string of the molecule is CC(C)(C)S(=O)(=O)NC(=O)c1ccc(N2CCN(C(=O)c3cc(-c4cncc(O)c4)cc(C(F)(F)F)c3)CC2)nn1. The van der Waals surface area contributed by atoms with E-state index in [1.54, 1.807) is 4.90 Å². The van der Waals surface area contributed by atoms with Gasteiger partial charge in [-0.05, 0) is 62.7 Å². The summed E-state index contributed by atoms with van der Waals surface area (Å²) in [6, 6.07) is 7.10. The number of hydrogen-bond donors (Lipinski definition) is 2. The van der Waals surface area contributed by atoms with Crippen LogP contribution in [0.15, 0.2) is 48.8 Å². The van der Waals surface area contributed by atoms with Crippen molar-refractivity contribution in [1.29, 1.82) is 0 Å². The average Bonchev–Trinajstić information content (AvgIpc) is 2.91. The summed E-state index contributed by atoms with van der Waals surface area (Å²) >= 11 is 0. The van der Waals surface area contributed by atoms with Gasteiger partial charge in [0.05, 0.1) is 16.5 Å². The summed E-state index contributed by atoms with van der Waals surface area (Å²) in [5, 5.41) is 17.5. The van der Waals surface area contributed by atoms with Gasteiger partial charge in [-0.25, -0.2) is 13.1 Å². The summed E-state index contributed by atoms with van der Waals surface area (Å²) < 4.78 is 66.1. The number of alkyl halides is 3. The number of aromatic hydroxyl groups is 1. The van der Waals surface area contributed by atoms with Gasteiger partial charge >= 0.3 is 6.18 Å². The third-order valence-corrected chi connectivity index (χ3v) is 8.44. The Balaban J connectivity index is 1.46. The molecule has 1 saturated heterocycles. The number of hydrogen-bond acceptors (Lipinski definition) is 9. The molecule has 3 aromatic rings. The molecule has 0 spiro atoms. The van der Waals surface area contributed by atoms with E-state index >= 15 is 0 Å². The zero-order chi connectivity index (χ0) is 30.2. The molecular weight excluding hydrogens is 565 g/mol. The van der Waals surface area contributed by atoms with Crippen LogP contribution >= 0.6 is 0 Å². The Morgan fingerprint density at radius 2 is 1.61 bits per heavy atom. The lowest BCUT2D eigenvalue weighted by molar-refractivity contribution is -0.137. The molecule has 11 nitrogen and oxygen atoms in total. The number of rotatable bonds is 5. The highest BCUT2D eigenvalue weighted by atomic mass is 32.2. The average molecular weight is 593 g/mol. The molecule has 218 valence electrons. The molecule has 1 aliphatic heterocycles. The van der Waals surface area contributed by atoms with E-state index in [9.17, 15) is 36.3 Å². The fourth-order valence-corrected chi connectivity index (χ4v) is 4.59. The van der Waals surface area contributed by atoms with Crippen LogP contribution in [-0.4, -0.2) is 76.3 Å².